The van der Waals surface area contributed by atoms with Crippen LogP contribution >= 0.6 is 0 Å². The third kappa shape index (κ3) is 4.67. The summed E-state index contributed by atoms with van der Waals surface area (Å²) in [6.45, 7) is 1.67. The molecule has 3 amide bonds. The van der Waals surface area contributed by atoms with E-state index >= 15 is 0 Å². The van der Waals surface area contributed by atoms with Gasteiger partial charge in [0.15, 0.2) is 6.23 Å². The van der Waals surface area contributed by atoms with Crippen LogP contribution in [0.5, 0.6) is 11.5 Å². The summed E-state index contributed by atoms with van der Waals surface area (Å²) in [6.07, 6.45) is -1.19. The number of carbonyl (C=O) groups is 2. The van der Waals surface area contributed by atoms with Crippen molar-refractivity contribution in [2.45, 2.75) is 38.6 Å². The van der Waals surface area contributed by atoms with Crippen LogP contribution in [0, 0.1) is 0 Å². The van der Waals surface area contributed by atoms with Gasteiger partial charge in [-0.25, -0.2) is 9.78 Å². The molecule has 2 N–H and O–H groups in total. The highest BCUT2D eigenvalue weighted by atomic mass is 19.4. The van der Waals surface area contributed by atoms with Crippen molar-refractivity contribution >= 4 is 29.1 Å². The van der Waals surface area contributed by atoms with Crippen LogP contribution in [0.15, 0.2) is 48.9 Å². The molecule has 0 aliphatic carbocycles. The van der Waals surface area contributed by atoms with E-state index in [1.807, 2.05) is 6.92 Å². The number of nitrogens with one attached hydrogen (secondary N) is 1. The molecule has 9 nitrogen and oxygen atoms in total. The number of nitrogens with zero attached hydrogens (tertiary/aromatic N) is 4. The lowest BCUT2D eigenvalue weighted by molar-refractivity contribution is -0.137. The minimum Gasteiger partial charge on any atom is -0.457 e. The van der Waals surface area contributed by atoms with Gasteiger partial charge in [-0.15, -0.1) is 0 Å². The van der Waals surface area contributed by atoms with Crippen LogP contribution in [-0.2, 0) is 23.8 Å². The maximum Gasteiger partial charge on any atom is 0.417 e. The maximum absolute atomic E-state index is 13.2. The van der Waals surface area contributed by atoms with Crippen LogP contribution in [0.2, 0.25) is 0 Å². The Morgan fingerprint density at radius 1 is 1.11 bits per heavy atom. The molecule has 0 unspecified atom stereocenters. The molecule has 4 heterocycles. The average molecular weight is 513 g/mol. The van der Waals surface area contributed by atoms with Gasteiger partial charge in [-0.3, -0.25) is 19.6 Å². The molecule has 1 fully saturated rings. The number of ether oxygens (including phenoxy) is 1. The molecule has 0 radical (unpaired) electrons. The summed E-state index contributed by atoms with van der Waals surface area (Å²) in [6, 6.07) is 6.81. The van der Waals surface area contributed by atoms with Gasteiger partial charge in [0.05, 0.1) is 24.0 Å². The van der Waals surface area contributed by atoms with Crippen molar-refractivity contribution in [3.05, 3.63) is 65.6 Å². The number of fused-ring (bicyclic) bond motifs is 1. The van der Waals surface area contributed by atoms with E-state index in [0.717, 1.165) is 33.2 Å². The second-order valence-electron chi connectivity index (χ2n) is 8.61. The molecule has 5 rings (SSSR count). The number of β-amino-alcohol motifs (C(OH)–C–C–N with tert-alkyl or cyclic N) is 1. The molecule has 1 atom stereocenters. The molecule has 2 aliphatic heterocycles. The van der Waals surface area contributed by atoms with Crippen LogP contribution in [0.4, 0.5) is 35.2 Å². The van der Waals surface area contributed by atoms with Crippen LogP contribution in [0.1, 0.15) is 30.0 Å². The number of anilines is 3. The monoisotopic (exact) mass is 513 g/mol. The molecule has 1 saturated heterocycles. The topological polar surface area (TPSA) is 108 Å². The molecular weight excluding hydrogens is 491 g/mol. The highest BCUT2D eigenvalue weighted by molar-refractivity contribution is 6.06. The SMILES string of the molecule is CCc1cc(N2C(=O)N(c3cncc(C(F)(F)F)c3)C[C@H]2O)ccc1Oc1ccnc2c1CCC(=O)N2. The molecule has 0 spiro atoms. The van der Waals surface area contributed by atoms with Crippen molar-refractivity contribution < 1.29 is 32.6 Å². The summed E-state index contributed by atoms with van der Waals surface area (Å²) in [5.74, 6) is 1.42. The summed E-state index contributed by atoms with van der Waals surface area (Å²) >= 11 is 0. The number of aryl methyl sites for hydroxylation is 1. The van der Waals surface area contributed by atoms with Crippen LogP contribution < -0.4 is 19.9 Å². The summed E-state index contributed by atoms with van der Waals surface area (Å²) < 4.78 is 45.5. The van der Waals surface area contributed by atoms with Crippen molar-refractivity contribution in [3.63, 3.8) is 0 Å². The van der Waals surface area contributed by atoms with Gasteiger partial charge in [0.25, 0.3) is 0 Å². The fourth-order valence-electron chi connectivity index (χ4n) is 4.37. The Labute approximate surface area is 209 Å². The lowest BCUT2D eigenvalue weighted by atomic mass is 10.1. The summed E-state index contributed by atoms with van der Waals surface area (Å²) in [7, 11) is 0. The number of aliphatic hydroxyl groups is 1. The average Bonchev–Trinajstić information content (AvgIpc) is 3.17. The summed E-state index contributed by atoms with van der Waals surface area (Å²) in [5, 5.41) is 13.4. The molecule has 2 aromatic heterocycles. The maximum atomic E-state index is 13.2. The summed E-state index contributed by atoms with van der Waals surface area (Å²) in [4.78, 5) is 34.8. The zero-order valence-electron chi connectivity index (χ0n) is 19.6. The predicted molar refractivity (Wildman–Crippen MR) is 128 cm³/mol. The molecule has 2 aliphatic rings. The van der Waals surface area contributed by atoms with Gasteiger partial charge in [0, 0.05) is 30.1 Å². The first kappa shape index (κ1) is 24.5. The minimum atomic E-state index is -4.62. The van der Waals surface area contributed by atoms with Crippen LogP contribution in [-0.4, -0.2) is 39.8 Å². The fourth-order valence-corrected chi connectivity index (χ4v) is 4.37. The Hall–Kier alpha value is -4.19. The predicted octanol–water partition coefficient (Wildman–Crippen LogP) is 4.50. The molecule has 37 heavy (non-hydrogen) atoms. The Bertz CT molecular complexity index is 1380. The van der Waals surface area contributed by atoms with Gasteiger partial charge in [0.1, 0.15) is 17.3 Å². The molecule has 12 heteroatoms. The van der Waals surface area contributed by atoms with Gasteiger partial charge in [-0.1, -0.05) is 6.92 Å². The second-order valence-corrected chi connectivity index (χ2v) is 8.61. The lowest BCUT2D eigenvalue weighted by Crippen LogP contribution is -2.35. The molecule has 0 saturated carbocycles. The van der Waals surface area contributed by atoms with Gasteiger partial charge in [-0.2, -0.15) is 13.2 Å². The Morgan fingerprint density at radius 3 is 2.68 bits per heavy atom. The van der Waals surface area contributed by atoms with Crippen molar-refractivity contribution in [2.24, 2.45) is 0 Å². The highest BCUT2D eigenvalue weighted by Gasteiger charge is 2.39. The van der Waals surface area contributed by atoms with Crippen LogP contribution in [0.3, 0.4) is 0 Å². The Balaban J connectivity index is 1.41. The number of aromatic nitrogens is 2. The third-order valence-electron chi connectivity index (χ3n) is 6.24. The number of urea groups is 1. The molecule has 1 aromatic carbocycles. The first-order valence-electron chi connectivity index (χ1n) is 11.5. The third-order valence-corrected chi connectivity index (χ3v) is 6.24. The largest absolute Gasteiger partial charge is 0.457 e. The number of alkyl halides is 3. The molecule has 3 aromatic rings. The van der Waals surface area contributed by atoms with Crippen molar-refractivity contribution in [2.75, 3.05) is 21.7 Å². The number of amides is 3. The first-order chi connectivity index (χ1) is 17.7. The standard InChI is InChI=1S/C25H22F3N5O4/c1-2-14-9-16(3-5-19(14)37-20-7-8-30-23-18(20)4-6-21(34)31-23)33-22(35)13-32(24(33)36)17-10-15(11-29-12-17)25(26,27)28/h3,5,7-12,22,35H,2,4,6,13H2,1H3,(H,30,31,34)/t22-/m1/s1. The number of hydrogen-bond donors (Lipinski definition) is 2. The van der Waals surface area contributed by atoms with Crippen molar-refractivity contribution in [1.29, 1.82) is 0 Å². The number of aliphatic hydroxyl groups excluding tert-OH is 1. The number of halogens is 3. The normalized spacial score (nSPS) is 17.6. The van der Waals surface area contributed by atoms with E-state index in [2.05, 4.69) is 15.3 Å². The highest BCUT2D eigenvalue weighted by Crippen LogP contribution is 2.37. The van der Waals surface area contributed by atoms with E-state index in [-0.39, 0.29) is 18.1 Å². The van der Waals surface area contributed by atoms with Crippen molar-refractivity contribution in [1.82, 2.24) is 9.97 Å². The van der Waals surface area contributed by atoms with Gasteiger partial charge in [0.2, 0.25) is 5.91 Å². The Morgan fingerprint density at radius 2 is 1.92 bits per heavy atom. The second kappa shape index (κ2) is 9.36. The number of hydrogen-bond acceptors (Lipinski definition) is 6. The number of carbonyl (C=O) groups excluding carboxylic acids is 2. The molecular formula is C25H22F3N5O4. The van der Waals surface area contributed by atoms with Gasteiger partial charge >= 0.3 is 12.2 Å². The van der Waals surface area contributed by atoms with Crippen LogP contribution in [0.25, 0.3) is 0 Å². The van der Waals surface area contributed by atoms with E-state index in [9.17, 15) is 27.9 Å². The summed E-state index contributed by atoms with van der Waals surface area (Å²) in [5.41, 5.74) is 0.837. The number of benzene rings is 1. The fraction of sp³-hybridized carbons (Fsp3) is 0.280. The minimum absolute atomic E-state index is 0.0633. The van der Waals surface area contributed by atoms with E-state index in [0.29, 0.717) is 48.5 Å². The van der Waals surface area contributed by atoms with Gasteiger partial charge < -0.3 is 15.2 Å². The van der Waals surface area contributed by atoms with E-state index in [4.69, 9.17) is 4.74 Å². The van der Waals surface area contributed by atoms with Gasteiger partial charge in [-0.05, 0) is 48.7 Å². The van der Waals surface area contributed by atoms with Crippen molar-refractivity contribution in [3.8, 4) is 11.5 Å². The zero-order valence-corrected chi connectivity index (χ0v) is 19.6. The zero-order chi connectivity index (χ0) is 26.3. The Kier molecular flexibility index (Phi) is 6.20. The van der Waals surface area contributed by atoms with E-state index in [1.165, 1.54) is 6.20 Å². The first-order valence-corrected chi connectivity index (χ1v) is 11.5. The molecule has 0 bridgehead atoms. The number of pyridine rings is 2. The smallest absolute Gasteiger partial charge is 0.417 e. The van der Waals surface area contributed by atoms with E-state index < -0.39 is 24.0 Å². The lowest BCUT2D eigenvalue weighted by Gasteiger charge is -2.23. The molecule has 192 valence electrons. The quantitative estimate of drug-likeness (QED) is 0.520. The number of rotatable bonds is 5. The van der Waals surface area contributed by atoms with E-state index in [1.54, 1.807) is 24.3 Å².